The van der Waals surface area contributed by atoms with Gasteiger partial charge in [0.2, 0.25) is 0 Å². The Hall–Kier alpha value is -0.0900. The molecule has 0 amide bonds. The normalized spacial score (nSPS) is 13.4. The summed E-state index contributed by atoms with van der Waals surface area (Å²) in [7, 11) is 0. The maximum absolute atomic E-state index is 5.90. The SMILES string of the molecule is CC(C)CCCC(NN)c1ccc(Cl)s1. The summed E-state index contributed by atoms with van der Waals surface area (Å²) in [4.78, 5) is 1.23. The Kier molecular flexibility index (Phi) is 5.61. The van der Waals surface area contributed by atoms with Crippen molar-refractivity contribution in [3.05, 3.63) is 21.3 Å². The third-order valence-electron chi connectivity index (χ3n) is 2.41. The summed E-state index contributed by atoms with van der Waals surface area (Å²) in [6, 6.07) is 4.22. The van der Waals surface area contributed by atoms with Gasteiger partial charge in [0.1, 0.15) is 0 Å². The molecule has 2 nitrogen and oxygen atoms in total. The van der Waals surface area contributed by atoms with Crippen molar-refractivity contribution in [2.75, 3.05) is 0 Å². The van der Waals surface area contributed by atoms with Gasteiger partial charge in [0.25, 0.3) is 0 Å². The van der Waals surface area contributed by atoms with Crippen molar-refractivity contribution in [2.24, 2.45) is 11.8 Å². The summed E-state index contributed by atoms with van der Waals surface area (Å²) in [5, 5.41) is 0. The summed E-state index contributed by atoms with van der Waals surface area (Å²) < 4.78 is 0.828. The molecule has 0 aliphatic carbocycles. The molecule has 0 saturated carbocycles. The van der Waals surface area contributed by atoms with Crippen molar-refractivity contribution in [2.45, 2.75) is 39.2 Å². The van der Waals surface area contributed by atoms with Gasteiger partial charge in [0.05, 0.1) is 10.4 Å². The van der Waals surface area contributed by atoms with Crippen molar-refractivity contribution < 1.29 is 0 Å². The second-order valence-electron chi connectivity index (χ2n) is 4.19. The van der Waals surface area contributed by atoms with E-state index < -0.39 is 0 Å². The van der Waals surface area contributed by atoms with E-state index in [1.165, 1.54) is 17.7 Å². The Morgan fingerprint density at radius 2 is 2.13 bits per heavy atom. The molecule has 4 heteroatoms. The fourth-order valence-electron chi connectivity index (χ4n) is 1.55. The molecule has 1 aromatic heterocycles. The van der Waals surface area contributed by atoms with E-state index in [4.69, 9.17) is 17.4 Å². The molecule has 1 aromatic rings. The summed E-state index contributed by atoms with van der Waals surface area (Å²) in [5.41, 5.74) is 2.86. The zero-order valence-corrected chi connectivity index (χ0v) is 10.9. The lowest BCUT2D eigenvalue weighted by Crippen LogP contribution is -2.27. The van der Waals surface area contributed by atoms with E-state index in [1.54, 1.807) is 11.3 Å². The van der Waals surface area contributed by atoms with E-state index >= 15 is 0 Å². The van der Waals surface area contributed by atoms with Gasteiger partial charge >= 0.3 is 0 Å². The zero-order valence-electron chi connectivity index (χ0n) is 9.29. The molecule has 0 fully saturated rings. The second kappa shape index (κ2) is 6.48. The third kappa shape index (κ3) is 4.51. The van der Waals surface area contributed by atoms with Crippen LogP contribution in [0.2, 0.25) is 4.34 Å². The van der Waals surface area contributed by atoms with Gasteiger partial charge in [-0.25, -0.2) is 0 Å². The van der Waals surface area contributed by atoms with Crippen LogP contribution in [0.4, 0.5) is 0 Å². The van der Waals surface area contributed by atoms with Gasteiger partial charge in [-0.2, -0.15) is 0 Å². The van der Waals surface area contributed by atoms with Crippen molar-refractivity contribution in [1.29, 1.82) is 0 Å². The molecule has 0 saturated heterocycles. The van der Waals surface area contributed by atoms with Crippen LogP contribution >= 0.6 is 22.9 Å². The van der Waals surface area contributed by atoms with E-state index in [0.29, 0.717) is 0 Å². The lowest BCUT2D eigenvalue weighted by molar-refractivity contribution is 0.459. The van der Waals surface area contributed by atoms with Crippen molar-refractivity contribution >= 4 is 22.9 Å². The second-order valence-corrected chi connectivity index (χ2v) is 5.93. The molecule has 0 spiro atoms. The molecule has 1 heterocycles. The Morgan fingerprint density at radius 3 is 2.60 bits per heavy atom. The van der Waals surface area contributed by atoms with Crippen molar-refractivity contribution in [1.82, 2.24) is 5.43 Å². The first-order valence-electron chi connectivity index (χ1n) is 5.35. The topological polar surface area (TPSA) is 38.0 Å². The molecular formula is C11H19ClN2S. The number of rotatable bonds is 6. The number of halogens is 1. The molecule has 0 aliphatic rings. The monoisotopic (exact) mass is 246 g/mol. The predicted octanol–water partition coefficient (Wildman–Crippen LogP) is 3.73. The first kappa shape index (κ1) is 13.0. The molecule has 15 heavy (non-hydrogen) atoms. The summed E-state index contributed by atoms with van der Waals surface area (Å²) in [5.74, 6) is 6.30. The highest BCUT2D eigenvalue weighted by Gasteiger charge is 2.11. The average molecular weight is 247 g/mol. The molecule has 1 rings (SSSR count). The van der Waals surface area contributed by atoms with Gasteiger partial charge < -0.3 is 0 Å². The molecule has 1 unspecified atom stereocenters. The Balaban J connectivity index is 2.42. The van der Waals surface area contributed by atoms with E-state index in [0.717, 1.165) is 16.7 Å². The molecular weight excluding hydrogens is 228 g/mol. The molecule has 3 N–H and O–H groups in total. The van der Waals surface area contributed by atoms with Gasteiger partial charge in [0.15, 0.2) is 0 Å². The first-order chi connectivity index (χ1) is 7.13. The molecule has 0 bridgehead atoms. The highest BCUT2D eigenvalue weighted by atomic mass is 35.5. The van der Waals surface area contributed by atoms with Crippen LogP contribution in [0.1, 0.15) is 44.0 Å². The minimum atomic E-state index is 0.251. The fraction of sp³-hybridized carbons (Fsp3) is 0.636. The number of nitrogens with two attached hydrogens (primary N) is 1. The standard InChI is InChI=1S/C11H19ClN2S/c1-8(2)4-3-5-9(14-13)10-6-7-11(12)15-10/h6-9,14H,3-5,13H2,1-2H3. The van der Waals surface area contributed by atoms with E-state index in [9.17, 15) is 0 Å². The van der Waals surface area contributed by atoms with Gasteiger partial charge in [-0.1, -0.05) is 38.3 Å². The van der Waals surface area contributed by atoms with Gasteiger partial charge in [-0.15, -0.1) is 11.3 Å². The number of nitrogens with one attached hydrogen (secondary N) is 1. The van der Waals surface area contributed by atoms with Crippen molar-refractivity contribution in [3.8, 4) is 0 Å². The molecule has 86 valence electrons. The molecule has 0 radical (unpaired) electrons. The molecule has 1 atom stereocenters. The Bertz CT molecular complexity index is 286. The number of hydrazine groups is 1. The number of hydrogen-bond donors (Lipinski definition) is 2. The minimum Gasteiger partial charge on any atom is -0.271 e. The van der Waals surface area contributed by atoms with Crippen LogP contribution in [0, 0.1) is 5.92 Å². The first-order valence-corrected chi connectivity index (χ1v) is 6.54. The smallest absolute Gasteiger partial charge is 0.0931 e. The molecule has 0 aliphatic heterocycles. The summed E-state index contributed by atoms with van der Waals surface area (Å²) in [6.45, 7) is 4.49. The van der Waals surface area contributed by atoms with E-state index in [-0.39, 0.29) is 6.04 Å². The summed E-state index contributed by atoms with van der Waals surface area (Å²) >= 11 is 7.50. The van der Waals surface area contributed by atoms with Crippen LogP contribution < -0.4 is 11.3 Å². The number of hydrogen-bond acceptors (Lipinski definition) is 3. The van der Waals surface area contributed by atoms with Crippen LogP contribution in [0.15, 0.2) is 12.1 Å². The highest BCUT2D eigenvalue weighted by molar-refractivity contribution is 7.16. The van der Waals surface area contributed by atoms with Gasteiger partial charge in [-0.3, -0.25) is 11.3 Å². The van der Waals surface area contributed by atoms with Gasteiger partial charge in [0, 0.05) is 4.88 Å². The minimum absolute atomic E-state index is 0.251. The van der Waals surface area contributed by atoms with E-state index in [1.807, 2.05) is 12.1 Å². The van der Waals surface area contributed by atoms with Crippen LogP contribution in [0.5, 0.6) is 0 Å². The summed E-state index contributed by atoms with van der Waals surface area (Å²) in [6.07, 6.45) is 3.52. The maximum Gasteiger partial charge on any atom is 0.0931 e. The maximum atomic E-state index is 5.90. The number of thiophene rings is 1. The lowest BCUT2D eigenvalue weighted by atomic mass is 10.0. The lowest BCUT2D eigenvalue weighted by Gasteiger charge is -2.14. The van der Waals surface area contributed by atoms with E-state index in [2.05, 4.69) is 19.3 Å². The third-order valence-corrected chi connectivity index (χ3v) is 3.76. The van der Waals surface area contributed by atoms with Crippen LogP contribution in [0.3, 0.4) is 0 Å². The largest absolute Gasteiger partial charge is 0.271 e. The van der Waals surface area contributed by atoms with Crippen LogP contribution in [-0.2, 0) is 0 Å². The Morgan fingerprint density at radius 1 is 1.40 bits per heavy atom. The highest BCUT2D eigenvalue weighted by Crippen LogP contribution is 2.29. The molecule has 0 aromatic carbocycles. The predicted molar refractivity (Wildman–Crippen MR) is 68.1 cm³/mol. The van der Waals surface area contributed by atoms with Crippen LogP contribution in [0.25, 0.3) is 0 Å². The zero-order chi connectivity index (χ0) is 11.3. The van der Waals surface area contributed by atoms with Gasteiger partial charge in [-0.05, 0) is 24.5 Å². The Labute approximate surface area is 101 Å². The van der Waals surface area contributed by atoms with Crippen molar-refractivity contribution in [3.63, 3.8) is 0 Å². The quantitative estimate of drug-likeness (QED) is 0.593. The van der Waals surface area contributed by atoms with Crippen LogP contribution in [-0.4, -0.2) is 0 Å². The average Bonchev–Trinajstić information content (AvgIpc) is 2.59. The fourth-order valence-corrected chi connectivity index (χ4v) is 2.71.